The molecule has 0 saturated heterocycles. The summed E-state index contributed by atoms with van der Waals surface area (Å²) < 4.78 is 2.86. The molecular formula is C9H11ITe. The Morgan fingerprint density at radius 2 is 1.64 bits per heavy atom. The standard InChI is InChI=1S/C9H11ITe/c1-11(10)6-8-4-2-3-5-9(8)7-11/h2-5H,6-7H2,1H3. The molecule has 11 heavy (non-hydrogen) atoms. The van der Waals surface area contributed by atoms with Gasteiger partial charge in [-0.25, -0.2) is 0 Å². The molecule has 2 rings (SSSR count). The van der Waals surface area contributed by atoms with Crippen molar-refractivity contribution in [3.05, 3.63) is 35.4 Å². The van der Waals surface area contributed by atoms with Crippen LogP contribution in [0.15, 0.2) is 24.3 Å². The molecule has 1 aromatic carbocycles. The topological polar surface area (TPSA) is 0 Å². The van der Waals surface area contributed by atoms with Crippen molar-refractivity contribution in [1.82, 2.24) is 0 Å². The van der Waals surface area contributed by atoms with Gasteiger partial charge >= 0.3 is 82.2 Å². The van der Waals surface area contributed by atoms with E-state index in [9.17, 15) is 0 Å². The van der Waals surface area contributed by atoms with Gasteiger partial charge in [0.25, 0.3) is 0 Å². The van der Waals surface area contributed by atoms with Gasteiger partial charge in [-0.2, -0.15) is 0 Å². The Morgan fingerprint density at radius 3 is 2.09 bits per heavy atom. The fourth-order valence-corrected chi connectivity index (χ4v) is 11.6. The van der Waals surface area contributed by atoms with Crippen LogP contribution in [0.4, 0.5) is 0 Å². The third kappa shape index (κ3) is 1.74. The van der Waals surface area contributed by atoms with Crippen molar-refractivity contribution in [3.8, 4) is 0 Å². The minimum atomic E-state index is -1.37. The van der Waals surface area contributed by atoms with Crippen LogP contribution >= 0.6 is 18.7 Å². The molecule has 0 spiro atoms. The molecule has 0 aliphatic carbocycles. The van der Waals surface area contributed by atoms with E-state index in [2.05, 4.69) is 47.9 Å². The summed E-state index contributed by atoms with van der Waals surface area (Å²) >= 11 is 1.38. The molecule has 0 unspecified atom stereocenters. The summed E-state index contributed by atoms with van der Waals surface area (Å²) in [5.41, 5.74) is 3.26. The van der Waals surface area contributed by atoms with Crippen LogP contribution in [0.1, 0.15) is 11.1 Å². The molecule has 1 heterocycles. The molecule has 0 amide bonds. The van der Waals surface area contributed by atoms with Gasteiger partial charge in [-0.15, -0.1) is 0 Å². The molecule has 0 nitrogen and oxygen atoms in total. The van der Waals surface area contributed by atoms with Gasteiger partial charge in [-0.1, -0.05) is 0 Å². The first-order valence-electron chi connectivity index (χ1n) is 3.67. The van der Waals surface area contributed by atoms with Gasteiger partial charge < -0.3 is 0 Å². The quantitative estimate of drug-likeness (QED) is 0.484. The van der Waals surface area contributed by atoms with Crippen LogP contribution in [0.2, 0.25) is 4.97 Å². The summed E-state index contributed by atoms with van der Waals surface area (Å²) in [5.74, 6) is 0. The zero-order valence-electron chi connectivity index (χ0n) is 6.51. The van der Waals surface area contributed by atoms with E-state index in [1.807, 2.05) is 0 Å². The van der Waals surface area contributed by atoms with E-state index in [4.69, 9.17) is 0 Å². The second-order valence-corrected chi connectivity index (χ2v) is 25.7. The average molecular weight is 374 g/mol. The minimum absolute atomic E-state index is 1.37. The Morgan fingerprint density at radius 1 is 1.18 bits per heavy atom. The van der Waals surface area contributed by atoms with E-state index in [-0.39, 0.29) is 0 Å². The summed E-state index contributed by atoms with van der Waals surface area (Å²) in [7, 11) is 0. The van der Waals surface area contributed by atoms with E-state index in [0.29, 0.717) is 0 Å². The van der Waals surface area contributed by atoms with Gasteiger partial charge in [0.2, 0.25) is 0 Å². The molecule has 0 radical (unpaired) electrons. The van der Waals surface area contributed by atoms with Gasteiger partial charge in [0.1, 0.15) is 0 Å². The Hall–Kier alpha value is 0.740. The monoisotopic (exact) mass is 376 g/mol. The van der Waals surface area contributed by atoms with Crippen molar-refractivity contribution in [2.75, 3.05) is 0 Å². The Kier molecular flexibility index (Phi) is 2.20. The van der Waals surface area contributed by atoms with E-state index < -0.39 is 14.2 Å². The summed E-state index contributed by atoms with van der Waals surface area (Å²) in [6, 6.07) is 8.93. The van der Waals surface area contributed by atoms with E-state index in [0.717, 1.165) is 0 Å². The van der Waals surface area contributed by atoms with Gasteiger partial charge in [0, 0.05) is 0 Å². The maximum atomic E-state index is 2.75. The molecule has 60 valence electrons. The second kappa shape index (κ2) is 2.90. The van der Waals surface area contributed by atoms with Crippen molar-refractivity contribution < 1.29 is 0 Å². The van der Waals surface area contributed by atoms with Crippen LogP contribution in [-0.4, -0.2) is 14.2 Å². The molecule has 0 bridgehead atoms. The van der Waals surface area contributed by atoms with Gasteiger partial charge in [0.05, 0.1) is 0 Å². The molecular weight excluding hydrogens is 363 g/mol. The Bertz CT molecular complexity index is 254. The SMILES string of the molecule is C[Te]1(I)Cc2ccccc2C1. The van der Waals surface area contributed by atoms with E-state index in [1.165, 1.54) is 8.94 Å². The molecule has 1 aliphatic rings. The van der Waals surface area contributed by atoms with Crippen LogP contribution in [0.3, 0.4) is 0 Å². The number of rotatable bonds is 0. The third-order valence-electron chi connectivity index (χ3n) is 2.03. The Labute approximate surface area is 81.4 Å². The van der Waals surface area contributed by atoms with E-state index in [1.54, 1.807) is 11.1 Å². The van der Waals surface area contributed by atoms with Gasteiger partial charge in [-0.3, -0.25) is 0 Å². The fourth-order valence-electron chi connectivity index (χ4n) is 1.54. The normalized spacial score (nSPS) is 22.7. The Balaban J connectivity index is 2.41. The van der Waals surface area contributed by atoms with Crippen molar-refractivity contribution in [2.24, 2.45) is 0 Å². The fraction of sp³-hybridized carbons (Fsp3) is 0.333. The van der Waals surface area contributed by atoms with Crippen molar-refractivity contribution in [1.29, 1.82) is 0 Å². The van der Waals surface area contributed by atoms with Gasteiger partial charge in [0.15, 0.2) is 0 Å². The van der Waals surface area contributed by atoms with Crippen molar-refractivity contribution in [2.45, 2.75) is 13.9 Å². The summed E-state index contributed by atoms with van der Waals surface area (Å²) in [6.07, 6.45) is 0. The molecule has 1 aliphatic heterocycles. The van der Waals surface area contributed by atoms with Crippen molar-refractivity contribution >= 4 is 32.9 Å². The van der Waals surface area contributed by atoms with Crippen LogP contribution in [0, 0.1) is 0 Å². The molecule has 0 saturated carbocycles. The summed E-state index contributed by atoms with van der Waals surface area (Å²) in [6.45, 7) is 0. The number of halogens is 1. The van der Waals surface area contributed by atoms with Crippen LogP contribution in [0.25, 0.3) is 0 Å². The number of benzene rings is 1. The maximum absolute atomic E-state index is 2.75. The first-order valence-corrected chi connectivity index (χ1v) is 16.1. The van der Waals surface area contributed by atoms with Crippen LogP contribution in [0.5, 0.6) is 0 Å². The first-order chi connectivity index (χ1) is 5.17. The van der Waals surface area contributed by atoms with Crippen molar-refractivity contribution in [3.63, 3.8) is 0 Å². The first kappa shape index (κ1) is 8.34. The molecule has 0 fully saturated rings. The molecule has 0 atom stereocenters. The zero-order chi connectivity index (χ0) is 7.90. The average Bonchev–Trinajstić information content (AvgIpc) is 2.21. The predicted octanol–water partition coefficient (Wildman–Crippen LogP) is 2.87. The van der Waals surface area contributed by atoms with Crippen LogP contribution in [-0.2, 0) is 8.94 Å². The number of fused-ring (bicyclic) bond motifs is 1. The summed E-state index contributed by atoms with van der Waals surface area (Å²) in [4.78, 5) is 2.52. The number of hydrogen-bond acceptors (Lipinski definition) is 0. The molecule has 1 aromatic rings. The third-order valence-corrected chi connectivity index (χ3v) is 11.4. The number of hydrogen-bond donors (Lipinski definition) is 0. The van der Waals surface area contributed by atoms with E-state index >= 15 is 0 Å². The molecule has 2 heteroatoms. The second-order valence-electron chi connectivity index (χ2n) is 3.21. The molecule has 0 N–H and O–H groups in total. The molecule has 0 aromatic heterocycles. The van der Waals surface area contributed by atoms with Crippen LogP contribution < -0.4 is 0 Å². The predicted molar refractivity (Wildman–Crippen MR) is 59.5 cm³/mol. The van der Waals surface area contributed by atoms with Gasteiger partial charge in [-0.05, 0) is 0 Å². The summed E-state index contributed by atoms with van der Waals surface area (Å²) in [5, 5.41) is 0. The zero-order valence-corrected chi connectivity index (χ0v) is 11.0.